The SMILES string of the molecule is CN(Cc1ccc(Cl)cc1Cl)C(=O)CCO. The maximum atomic E-state index is 11.4. The number of rotatable bonds is 4. The van der Waals surface area contributed by atoms with Crippen LogP contribution < -0.4 is 0 Å². The molecule has 3 nitrogen and oxygen atoms in total. The molecule has 0 bridgehead atoms. The number of halogens is 2. The summed E-state index contributed by atoms with van der Waals surface area (Å²) in [6.45, 7) is 0.270. The van der Waals surface area contributed by atoms with Crippen LogP contribution >= 0.6 is 23.2 Å². The quantitative estimate of drug-likeness (QED) is 0.904. The largest absolute Gasteiger partial charge is 0.396 e. The van der Waals surface area contributed by atoms with E-state index in [0.29, 0.717) is 16.6 Å². The fraction of sp³-hybridized carbons (Fsp3) is 0.364. The molecule has 0 heterocycles. The third kappa shape index (κ3) is 3.67. The van der Waals surface area contributed by atoms with Gasteiger partial charge in [0.15, 0.2) is 0 Å². The predicted molar refractivity (Wildman–Crippen MR) is 64.6 cm³/mol. The van der Waals surface area contributed by atoms with Gasteiger partial charge in [-0.05, 0) is 17.7 Å². The molecule has 5 heteroatoms. The zero-order chi connectivity index (χ0) is 12.1. The predicted octanol–water partition coefficient (Wildman–Crippen LogP) is 2.33. The van der Waals surface area contributed by atoms with E-state index in [9.17, 15) is 4.79 Å². The van der Waals surface area contributed by atoms with Gasteiger partial charge in [-0.15, -0.1) is 0 Å². The van der Waals surface area contributed by atoms with Crippen molar-refractivity contribution < 1.29 is 9.90 Å². The zero-order valence-electron chi connectivity index (χ0n) is 8.91. The molecule has 1 rings (SSSR count). The number of benzene rings is 1. The first-order valence-corrected chi connectivity index (χ1v) is 5.59. The highest BCUT2D eigenvalue weighted by molar-refractivity contribution is 6.35. The van der Waals surface area contributed by atoms with Crippen LogP contribution in [0.15, 0.2) is 18.2 Å². The number of hydrogen-bond donors (Lipinski definition) is 1. The van der Waals surface area contributed by atoms with Crippen molar-refractivity contribution in [2.75, 3.05) is 13.7 Å². The maximum Gasteiger partial charge on any atom is 0.224 e. The molecular formula is C11H13Cl2NO2. The highest BCUT2D eigenvalue weighted by Gasteiger charge is 2.10. The van der Waals surface area contributed by atoms with Gasteiger partial charge in [0.25, 0.3) is 0 Å². The van der Waals surface area contributed by atoms with Crippen LogP contribution in [0.25, 0.3) is 0 Å². The number of aliphatic hydroxyl groups is 1. The van der Waals surface area contributed by atoms with Crippen molar-refractivity contribution >= 4 is 29.1 Å². The Balaban J connectivity index is 2.69. The fourth-order valence-corrected chi connectivity index (χ4v) is 1.75. The lowest BCUT2D eigenvalue weighted by molar-refractivity contribution is -0.131. The molecule has 0 radical (unpaired) electrons. The molecule has 0 aliphatic rings. The van der Waals surface area contributed by atoms with Crippen LogP contribution in [-0.2, 0) is 11.3 Å². The minimum atomic E-state index is -0.141. The summed E-state index contributed by atoms with van der Waals surface area (Å²) in [5.74, 6) is -0.117. The van der Waals surface area contributed by atoms with Crippen LogP contribution in [0.5, 0.6) is 0 Å². The van der Waals surface area contributed by atoms with Crippen LogP contribution in [0.4, 0.5) is 0 Å². The summed E-state index contributed by atoms with van der Waals surface area (Å²) in [5.41, 5.74) is 0.833. The van der Waals surface area contributed by atoms with E-state index in [-0.39, 0.29) is 18.9 Å². The molecule has 1 aromatic carbocycles. The van der Waals surface area contributed by atoms with Gasteiger partial charge in [0, 0.05) is 30.1 Å². The number of hydrogen-bond acceptors (Lipinski definition) is 2. The summed E-state index contributed by atoms with van der Waals surface area (Å²) >= 11 is 11.8. The Morgan fingerprint density at radius 3 is 2.69 bits per heavy atom. The van der Waals surface area contributed by atoms with E-state index in [4.69, 9.17) is 28.3 Å². The Morgan fingerprint density at radius 1 is 1.44 bits per heavy atom. The van der Waals surface area contributed by atoms with E-state index in [1.54, 1.807) is 25.2 Å². The molecule has 0 fully saturated rings. The van der Waals surface area contributed by atoms with Crippen LogP contribution in [0.2, 0.25) is 10.0 Å². The van der Waals surface area contributed by atoms with Crippen molar-refractivity contribution in [3.05, 3.63) is 33.8 Å². The van der Waals surface area contributed by atoms with Gasteiger partial charge in [-0.1, -0.05) is 29.3 Å². The van der Waals surface area contributed by atoms with Gasteiger partial charge < -0.3 is 10.0 Å². The number of amides is 1. The topological polar surface area (TPSA) is 40.5 Å². The number of carbonyl (C=O) groups is 1. The van der Waals surface area contributed by atoms with Gasteiger partial charge >= 0.3 is 0 Å². The number of aliphatic hydroxyl groups excluding tert-OH is 1. The van der Waals surface area contributed by atoms with Crippen LogP contribution in [-0.4, -0.2) is 29.6 Å². The lowest BCUT2D eigenvalue weighted by atomic mass is 10.2. The minimum Gasteiger partial charge on any atom is -0.396 e. The van der Waals surface area contributed by atoms with Crippen molar-refractivity contribution in [3.8, 4) is 0 Å². The third-order valence-electron chi connectivity index (χ3n) is 2.17. The molecule has 16 heavy (non-hydrogen) atoms. The Kier molecular flexibility index (Phi) is 5.06. The Bertz CT molecular complexity index is 382. The van der Waals surface area contributed by atoms with Crippen LogP contribution in [0.1, 0.15) is 12.0 Å². The first kappa shape index (κ1) is 13.3. The van der Waals surface area contributed by atoms with Crippen molar-refractivity contribution in [2.45, 2.75) is 13.0 Å². The fourth-order valence-electron chi connectivity index (χ4n) is 1.28. The summed E-state index contributed by atoms with van der Waals surface area (Å²) in [4.78, 5) is 12.9. The molecule has 0 atom stereocenters. The van der Waals surface area contributed by atoms with Crippen molar-refractivity contribution in [1.82, 2.24) is 4.90 Å². The highest BCUT2D eigenvalue weighted by Crippen LogP contribution is 2.22. The molecule has 0 spiro atoms. The average molecular weight is 262 g/mol. The lowest BCUT2D eigenvalue weighted by Crippen LogP contribution is -2.26. The van der Waals surface area contributed by atoms with Crippen molar-refractivity contribution in [3.63, 3.8) is 0 Å². The van der Waals surface area contributed by atoms with Gasteiger partial charge in [0.1, 0.15) is 0 Å². The minimum absolute atomic E-state index is 0.117. The first-order valence-electron chi connectivity index (χ1n) is 4.83. The smallest absolute Gasteiger partial charge is 0.224 e. The van der Waals surface area contributed by atoms with Crippen LogP contribution in [0, 0.1) is 0 Å². The lowest BCUT2D eigenvalue weighted by Gasteiger charge is -2.17. The van der Waals surface area contributed by atoms with Crippen molar-refractivity contribution in [1.29, 1.82) is 0 Å². The van der Waals surface area contributed by atoms with E-state index in [0.717, 1.165) is 5.56 Å². The summed E-state index contributed by atoms with van der Waals surface area (Å²) in [6, 6.07) is 5.16. The van der Waals surface area contributed by atoms with Gasteiger partial charge in [0.2, 0.25) is 5.91 Å². The Hall–Kier alpha value is -0.770. The third-order valence-corrected chi connectivity index (χ3v) is 2.76. The summed E-state index contributed by atoms with van der Waals surface area (Å²) in [6.07, 6.45) is 0.127. The molecule has 0 aliphatic carbocycles. The molecule has 0 saturated heterocycles. The molecule has 1 aromatic rings. The van der Waals surface area contributed by atoms with E-state index in [1.165, 1.54) is 4.90 Å². The second-order valence-corrected chi connectivity index (χ2v) is 4.30. The summed E-state index contributed by atoms with van der Waals surface area (Å²) in [5, 5.41) is 9.76. The average Bonchev–Trinajstić information content (AvgIpc) is 2.22. The highest BCUT2D eigenvalue weighted by atomic mass is 35.5. The molecule has 0 saturated carbocycles. The van der Waals surface area contributed by atoms with E-state index in [1.807, 2.05) is 0 Å². The normalized spacial score (nSPS) is 10.2. The van der Waals surface area contributed by atoms with Gasteiger partial charge in [-0.2, -0.15) is 0 Å². The van der Waals surface area contributed by atoms with Gasteiger partial charge in [-0.3, -0.25) is 4.79 Å². The molecule has 0 aromatic heterocycles. The zero-order valence-corrected chi connectivity index (χ0v) is 10.4. The Morgan fingerprint density at radius 2 is 2.12 bits per heavy atom. The second kappa shape index (κ2) is 6.09. The Labute approximate surface area is 105 Å². The van der Waals surface area contributed by atoms with Gasteiger partial charge in [0.05, 0.1) is 6.61 Å². The van der Waals surface area contributed by atoms with Gasteiger partial charge in [-0.25, -0.2) is 0 Å². The monoisotopic (exact) mass is 261 g/mol. The molecule has 88 valence electrons. The molecule has 1 N–H and O–H groups in total. The number of nitrogens with zero attached hydrogens (tertiary/aromatic N) is 1. The summed E-state index contributed by atoms with van der Waals surface area (Å²) in [7, 11) is 1.67. The second-order valence-electron chi connectivity index (χ2n) is 3.46. The molecule has 1 amide bonds. The van der Waals surface area contributed by atoms with E-state index < -0.39 is 0 Å². The summed E-state index contributed by atoms with van der Waals surface area (Å²) < 4.78 is 0. The van der Waals surface area contributed by atoms with Crippen LogP contribution in [0.3, 0.4) is 0 Å². The first-order chi connectivity index (χ1) is 7.54. The van der Waals surface area contributed by atoms with Crippen molar-refractivity contribution in [2.24, 2.45) is 0 Å². The molecular weight excluding hydrogens is 249 g/mol. The standard InChI is InChI=1S/C11H13Cl2NO2/c1-14(11(16)4-5-15)7-8-2-3-9(12)6-10(8)13/h2-3,6,15H,4-5,7H2,1H3. The van der Waals surface area contributed by atoms with E-state index in [2.05, 4.69) is 0 Å². The maximum absolute atomic E-state index is 11.4. The molecule has 0 unspecified atom stereocenters. The van der Waals surface area contributed by atoms with E-state index >= 15 is 0 Å². The molecule has 0 aliphatic heterocycles. The number of carbonyl (C=O) groups excluding carboxylic acids is 1.